The first-order chi connectivity index (χ1) is 27.7. The Bertz CT molecular complexity index is 2260. The van der Waals surface area contributed by atoms with Gasteiger partial charge in [0.2, 0.25) is 11.8 Å². The van der Waals surface area contributed by atoms with E-state index in [4.69, 9.17) is 26.6 Å². The van der Waals surface area contributed by atoms with Crippen LogP contribution in [0.25, 0.3) is 11.4 Å². The van der Waals surface area contributed by atoms with Gasteiger partial charge in [-0.3, -0.25) is 34.3 Å². The third-order valence-electron chi connectivity index (χ3n) is 12.2. The number of rotatable bonds is 9. The molecule has 2 N–H and O–H groups in total. The molecular weight excluding hydrogens is 744 g/mol. The Morgan fingerprint density at radius 3 is 2.28 bits per heavy atom. The predicted octanol–water partition coefficient (Wildman–Crippen LogP) is 5.37. The van der Waals surface area contributed by atoms with Crippen LogP contribution < -0.4 is 19.9 Å². The number of amides is 4. The summed E-state index contributed by atoms with van der Waals surface area (Å²) in [5.41, 5.74) is 5.41. The first-order valence-corrected chi connectivity index (χ1v) is 20.2. The number of hydrogen-bond donors (Lipinski definition) is 2. The average molecular weight is 787 g/mol. The molecule has 4 aromatic rings. The van der Waals surface area contributed by atoms with Gasteiger partial charge in [0.05, 0.1) is 27.8 Å². The van der Waals surface area contributed by atoms with Gasteiger partial charge in [0.15, 0.2) is 0 Å². The molecule has 13 nitrogen and oxygen atoms in total. The van der Waals surface area contributed by atoms with Crippen LogP contribution >= 0.6 is 11.6 Å². The molecule has 3 aromatic carbocycles. The second-order valence-corrected chi connectivity index (χ2v) is 16.2. The minimum Gasteiger partial charge on any atom is -0.490 e. The normalized spacial score (nSPS) is 22.9. The van der Waals surface area contributed by atoms with Crippen LogP contribution in [0, 0.1) is 17.2 Å². The summed E-state index contributed by atoms with van der Waals surface area (Å²) in [7, 11) is 0. The molecule has 1 saturated carbocycles. The van der Waals surface area contributed by atoms with E-state index in [9.17, 15) is 19.2 Å². The lowest BCUT2D eigenvalue weighted by atomic mass is 9.85. The summed E-state index contributed by atoms with van der Waals surface area (Å²) < 4.78 is 6.18. The monoisotopic (exact) mass is 786 g/mol. The zero-order valence-electron chi connectivity index (χ0n) is 31.5. The molecule has 1 aromatic heterocycles. The highest BCUT2D eigenvalue weighted by atomic mass is 35.5. The van der Waals surface area contributed by atoms with E-state index in [1.54, 1.807) is 24.3 Å². The first-order valence-electron chi connectivity index (χ1n) is 19.8. The third-order valence-corrected chi connectivity index (χ3v) is 12.5. The number of imidazole rings is 1. The maximum Gasteiger partial charge on any atom is 0.262 e. The first kappa shape index (κ1) is 36.9. The van der Waals surface area contributed by atoms with Crippen LogP contribution in [-0.4, -0.2) is 101 Å². The number of ether oxygens (including phenoxy) is 1. The number of nitriles is 1. The van der Waals surface area contributed by atoms with Gasteiger partial charge in [-0.05, 0) is 86.7 Å². The quantitative estimate of drug-likeness (QED) is 0.212. The Morgan fingerprint density at radius 2 is 1.56 bits per heavy atom. The molecule has 4 amide bonds. The summed E-state index contributed by atoms with van der Waals surface area (Å²) in [6.45, 7) is 6.51. The number of nitrogens with zero attached hydrogens (tertiary/aromatic N) is 6. The lowest BCUT2D eigenvalue weighted by molar-refractivity contribution is -0.136. The molecule has 4 fully saturated rings. The van der Waals surface area contributed by atoms with Crippen molar-refractivity contribution in [3.63, 3.8) is 0 Å². The molecule has 5 heterocycles. The van der Waals surface area contributed by atoms with Gasteiger partial charge in [-0.25, -0.2) is 4.98 Å². The standard InChI is InChI=1S/C43H43ClN8O5/c44-36-20-33(11-5-29(36)21-45)57-32-9-3-27(4-10-32)37-22-46-40(47-37)28-1-6-30(7-2-28)51-24-26(25-51)23-49-15-17-50(18-16-49)31-8-12-34-35(19-31)43(56)52(42(34)55)38-13-14-39(53)48-41(38)54/h1-2,5-8,11-12,19-20,22,26-27,32,38H,3-4,9-10,13-18,23-25H2,(H,46,47)(H,48,53,54). The minimum atomic E-state index is -0.965. The number of nitrogens with one attached hydrogen (secondary N) is 2. The van der Waals surface area contributed by atoms with Crippen molar-refractivity contribution < 1.29 is 23.9 Å². The van der Waals surface area contributed by atoms with Crippen LogP contribution in [0.1, 0.15) is 76.4 Å². The lowest BCUT2D eigenvalue weighted by Gasteiger charge is -2.45. The van der Waals surface area contributed by atoms with Gasteiger partial charge < -0.3 is 19.5 Å². The molecule has 3 saturated heterocycles. The van der Waals surface area contributed by atoms with Crippen molar-refractivity contribution in [2.24, 2.45) is 5.92 Å². The fraction of sp³-hybridized carbons (Fsp3) is 0.395. The smallest absolute Gasteiger partial charge is 0.262 e. The van der Waals surface area contributed by atoms with E-state index in [-0.39, 0.29) is 24.9 Å². The zero-order chi connectivity index (χ0) is 39.2. The molecule has 5 aliphatic rings. The molecule has 1 aliphatic carbocycles. The Morgan fingerprint density at radius 1 is 0.825 bits per heavy atom. The second kappa shape index (κ2) is 15.3. The maximum absolute atomic E-state index is 13.3. The largest absolute Gasteiger partial charge is 0.490 e. The van der Waals surface area contributed by atoms with Gasteiger partial charge in [-0.15, -0.1) is 0 Å². The second-order valence-electron chi connectivity index (χ2n) is 15.8. The minimum absolute atomic E-state index is 0.0980. The van der Waals surface area contributed by atoms with E-state index < -0.39 is 23.8 Å². The number of hydrogen-bond acceptors (Lipinski definition) is 10. The van der Waals surface area contributed by atoms with Gasteiger partial charge in [0, 0.05) is 99.0 Å². The van der Waals surface area contributed by atoms with Gasteiger partial charge in [-0.1, -0.05) is 11.6 Å². The zero-order valence-corrected chi connectivity index (χ0v) is 32.2. The summed E-state index contributed by atoms with van der Waals surface area (Å²) in [5.74, 6) is 0.645. The number of aromatic amines is 1. The number of benzene rings is 3. The number of anilines is 2. The van der Waals surface area contributed by atoms with Gasteiger partial charge in [0.1, 0.15) is 23.7 Å². The highest BCUT2D eigenvalue weighted by molar-refractivity contribution is 6.31. The van der Waals surface area contributed by atoms with Crippen molar-refractivity contribution in [1.82, 2.24) is 25.1 Å². The van der Waals surface area contributed by atoms with E-state index >= 15 is 0 Å². The summed E-state index contributed by atoms with van der Waals surface area (Å²) in [6.07, 6.45) is 6.24. The topological polar surface area (TPSA) is 155 Å². The third kappa shape index (κ3) is 7.35. The predicted molar refractivity (Wildman–Crippen MR) is 213 cm³/mol. The van der Waals surface area contributed by atoms with Crippen LogP contribution in [0.4, 0.5) is 11.4 Å². The Hall–Kier alpha value is -5.71. The molecule has 1 atom stereocenters. The van der Waals surface area contributed by atoms with Crippen LogP contribution in [0.15, 0.2) is 66.9 Å². The molecule has 9 rings (SSSR count). The number of piperidine rings is 1. The van der Waals surface area contributed by atoms with Crippen LogP contribution in [0.2, 0.25) is 5.02 Å². The number of aromatic nitrogens is 2. The number of piperazine rings is 1. The van der Waals surface area contributed by atoms with Crippen molar-refractivity contribution in [2.45, 2.75) is 56.6 Å². The van der Waals surface area contributed by atoms with Gasteiger partial charge >= 0.3 is 0 Å². The highest BCUT2D eigenvalue weighted by Gasteiger charge is 2.45. The number of fused-ring (bicyclic) bond motifs is 1. The number of H-pyrrole nitrogens is 1. The fourth-order valence-corrected chi connectivity index (χ4v) is 9.18. The SMILES string of the molecule is N#Cc1ccc(OC2CCC(c3cnc(-c4ccc(N5CC(CN6CCN(c7ccc8c(c7)C(=O)N(C7CCC(=O)NC7=O)C8=O)CC6)C5)cc4)[nH]3)CC2)cc1Cl. The molecule has 14 heteroatoms. The van der Waals surface area contributed by atoms with E-state index in [0.717, 1.165) is 99.2 Å². The number of carbonyl (C=O) groups excluding carboxylic acids is 4. The molecule has 0 bridgehead atoms. The van der Waals surface area contributed by atoms with Crippen LogP contribution in [0.3, 0.4) is 0 Å². The Kier molecular flexibility index (Phi) is 9.92. The van der Waals surface area contributed by atoms with E-state index in [1.165, 1.54) is 5.69 Å². The molecule has 57 heavy (non-hydrogen) atoms. The number of carbonyl (C=O) groups is 4. The lowest BCUT2D eigenvalue weighted by Crippen LogP contribution is -2.55. The molecule has 292 valence electrons. The Labute approximate surface area is 335 Å². The van der Waals surface area contributed by atoms with Crippen LogP contribution in [0.5, 0.6) is 5.75 Å². The van der Waals surface area contributed by atoms with Gasteiger partial charge in [0.25, 0.3) is 11.8 Å². The number of imide groups is 2. The van der Waals surface area contributed by atoms with Gasteiger partial charge in [-0.2, -0.15) is 5.26 Å². The van der Waals surface area contributed by atoms with Crippen molar-refractivity contribution in [3.8, 4) is 23.2 Å². The van der Waals surface area contributed by atoms with Crippen LogP contribution in [-0.2, 0) is 9.59 Å². The van der Waals surface area contributed by atoms with Crippen molar-refractivity contribution in [3.05, 3.63) is 94.3 Å². The molecule has 1 unspecified atom stereocenters. The summed E-state index contributed by atoms with van der Waals surface area (Å²) >= 11 is 6.19. The molecule has 0 spiro atoms. The van der Waals surface area contributed by atoms with E-state index in [2.05, 4.69) is 55.3 Å². The van der Waals surface area contributed by atoms with E-state index in [0.29, 0.717) is 39.3 Å². The van der Waals surface area contributed by atoms with Crippen molar-refractivity contribution in [2.75, 3.05) is 55.6 Å². The van der Waals surface area contributed by atoms with E-state index in [1.807, 2.05) is 18.3 Å². The molecule has 0 radical (unpaired) electrons. The Balaban J connectivity index is 0.718. The fourth-order valence-electron chi connectivity index (χ4n) is 8.97. The average Bonchev–Trinajstić information content (AvgIpc) is 3.79. The molecular formula is C43H43ClN8O5. The van der Waals surface area contributed by atoms with Crippen molar-refractivity contribution in [1.29, 1.82) is 5.26 Å². The summed E-state index contributed by atoms with van der Waals surface area (Å²) in [6, 6.07) is 20.4. The van der Waals surface area contributed by atoms with Crippen molar-refractivity contribution >= 4 is 46.6 Å². The summed E-state index contributed by atoms with van der Waals surface area (Å²) in [5, 5.41) is 11.8. The number of halogens is 1. The highest BCUT2D eigenvalue weighted by Crippen LogP contribution is 2.36. The maximum atomic E-state index is 13.3. The molecule has 4 aliphatic heterocycles. The summed E-state index contributed by atoms with van der Waals surface area (Å²) in [4.78, 5) is 66.9.